The molecular weight excluding hydrogens is 298 g/mol. The van der Waals surface area contributed by atoms with Crippen LogP contribution in [0.2, 0.25) is 0 Å². The van der Waals surface area contributed by atoms with Gasteiger partial charge in [0.15, 0.2) is 0 Å². The molecule has 0 aliphatic heterocycles. The minimum absolute atomic E-state index is 0.00293. The molecule has 6 nitrogen and oxygen atoms in total. The Morgan fingerprint density at radius 2 is 2.27 bits per heavy atom. The lowest BCUT2D eigenvalue weighted by atomic mass is 10.1. The lowest BCUT2D eigenvalue weighted by Gasteiger charge is -2.11. The zero-order chi connectivity index (χ0) is 15.4. The molecule has 0 aliphatic rings. The van der Waals surface area contributed by atoms with Crippen molar-refractivity contribution in [3.05, 3.63) is 52.5 Å². The number of nitrogens with one attached hydrogen (secondary N) is 1. The van der Waals surface area contributed by atoms with Crippen LogP contribution in [0.4, 0.5) is 5.69 Å². The van der Waals surface area contributed by atoms with Crippen molar-refractivity contribution in [1.82, 2.24) is 20.2 Å². The number of aromatic nitrogens is 4. The van der Waals surface area contributed by atoms with Crippen LogP contribution in [0, 0.1) is 6.92 Å². The Labute approximate surface area is 131 Å². The van der Waals surface area contributed by atoms with Crippen LogP contribution in [0.15, 0.2) is 41.4 Å². The van der Waals surface area contributed by atoms with Crippen molar-refractivity contribution in [3.8, 4) is 5.69 Å². The van der Waals surface area contributed by atoms with Crippen LogP contribution < -0.4 is 5.32 Å². The van der Waals surface area contributed by atoms with Crippen molar-refractivity contribution in [2.45, 2.75) is 19.8 Å². The van der Waals surface area contributed by atoms with E-state index in [-0.39, 0.29) is 5.91 Å². The average Bonchev–Trinajstić information content (AvgIpc) is 3.20. The van der Waals surface area contributed by atoms with E-state index in [1.165, 1.54) is 11.9 Å². The van der Waals surface area contributed by atoms with Gasteiger partial charge in [-0.1, -0.05) is 6.07 Å². The predicted molar refractivity (Wildman–Crippen MR) is 85.2 cm³/mol. The van der Waals surface area contributed by atoms with E-state index in [9.17, 15) is 4.79 Å². The molecule has 0 spiro atoms. The second-order valence-electron chi connectivity index (χ2n) is 4.88. The molecule has 0 atom stereocenters. The van der Waals surface area contributed by atoms with Crippen molar-refractivity contribution in [3.63, 3.8) is 0 Å². The minimum atomic E-state index is 0.00293. The van der Waals surface area contributed by atoms with Crippen LogP contribution in [0.25, 0.3) is 5.69 Å². The number of tetrazole rings is 1. The molecular formula is C15H15N5OS. The van der Waals surface area contributed by atoms with E-state index >= 15 is 0 Å². The van der Waals surface area contributed by atoms with E-state index in [0.29, 0.717) is 6.42 Å². The number of anilines is 1. The van der Waals surface area contributed by atoms with Gasteiger partial charge in [0.05, 0.1) is 5.69 Å². The Morgan fingerprint density at radius 3 is 3.00 bits per heavy atom. The number of carbonyl (C=O) groups is 1. The number of benzene rings is 1. The van der Waals surface area contributed by atoms with E-state index in [1.807, 2.05) is 36.6 Å². The van der Waals surface area contributed by atoms with Gasteiger partial charge in [0.2, 0.25) is 5.91 Å². The maximum atomic E-state index is 12.1. The monoisotopic (exact) mass is 313 g/mol. The number of hydrogen-bond donors (Lipinski definition) is 1. The van der Waals surface area contributed by atoms with E-state index < -0.39 is 0 Å². The Hall–Kier alpha value is -2.54. The van der Waals surface area contributed by atoms with Crippen LogP contribution >= 0.6 is 11.3 Å². The van der Waals surface area contributed by atoms with Gasteiger partial charge >= 0.3 is 0 Å². The number of hydrogen-bond acceptors (Lipinski definition) is 5. The van der Waals surface area contributed by atoms with E-state index in [0.717, 1.165) is 23.4 Å². The van der Waals surface area contributed by atoms with Crippen molar-refractivity contribution < 1.29 is 4.79 Å². The molecule has 1 amide bonds. The van der Waals surface area contributed by atoms with Crippen molar-refractivity contribution >= 4 is 22.9 Å². The maximum Gasteiger partial charge on any atom is 0.224 e. The number of nitrogens with zero attached hydrogens (tertiary/aromatic N) is 4. The fraction of sp³-hybridized carbons (Fsp3) is 0.200. The van der Waals surface area contributed by atoms with Crippen LogP contribution in [0.1, 0.15) is 17.5 Å². The largest absolute Gasteiger partial charge is 0.326 e. The fourth-order valence-corrected chi connectivity index (χ4v) is 2.89. The van der Waals surface area contributed by atoms with Gasteiger partial charge in [0, 0.05) is 12.1 Å². The molecule has 0 radical (unpaired) electrons. The highest BCUT2D eigenvalue weighted by molar-refractivity contribution is 7.07. The molecule has 0 aliphatic carbocycles. The molecule has 2 aromatic heterocycles. The fourth-order valence-electron chi connectivity index (χ4n) is 2.18. The SMILES string of the molecule is Cc1c(NC(=O)CCc2ccsc2)cccc1-n1cnnn1. The highest BCUT2D eigenvalue weighted by atomic mass is 32.1. The molecule has 0 unspecified atom stereocenters. The molecule has 0 bridgehead atoms. The van der Waals surface area contributed by atoms with Gasteiger partial charge in [0.25, 0.3) is 0 Å². The second-order valence-corrected chi connectivity index (χ2v) is 5.66. The third-order valence-electron chi connectivity index (χ3n) is 3.40. The summed E-state index contributed by atoms with van der Waals surface area (Å²) in [4.78, 5) is 12.1. The van der Waals surface area contributed by atoms with Crippen LogP contribution in [0.3, 0.4) is 0 Å². The molecule has 0 saturated carbocycles. The summed E-state index contributed by atoms with van der Waals surface area (Å²) in [6.07, 6.45) is 2.75. The summed E-state index contributed by atoms with van der Waals surface area (Å²) in [6.45, 7) is 1.94. The van der Waals surface area contributed by atoms with Crippen molar-refractivity contribution in [1.29, 1.82) is 0 Å². The van der Waals surface area contributed by atoms with Crippen molar-refractivity contribution in [2.75, 3.05) is 5.32 Å². The first-order chi connectivity index (χ1) is 10.7. The van der Waals surface area contributed by atoms with E-state index in [4.69, 9.17) is 0 Å². The molecule has 3 rings (SSSR count). The van der Waals surface area contributed by atoms with Gasteiger partial charge in [-0.15, -0.1) is 5.10 Å². The summed E-state index contributed by atoms with van der Waals surface area (Å²) >= 11 is 1.64. The third-order valence-corrected chi connectivity index (χ3v) is 4.13. The quantitative estimate of drug-likeness (QED) is 0.786. The summed E-state index contributed by atoms with van der Waals surface area (Å²) in [5.74, 6) is 0.00293. The molecule has 0 fully saturated rings. The number of aryl methyl sites for hydroxylation is 1. The zero-order valence-electron chi connectivity index (χ0n) is 12.1. The lowest BCUT2D eigenvalue weighted by Crippen LogP contribution is -2.14. The zero-order valence-corrected chi connectivity index (χ0v) is 12.9. The van der Waals surface area contributed by atoms with Gasteiger partial charge < -0.3 is 5.32 Å². The first-order valence-corrected chi connectivity index (χ1v) is 7.82. The molecule has 1 aromatic carbocycles. The van der Waals surface area contributed by atoms with Crippen molar-refractivity contribution in [2.24, 2.45) is 0 Å². The number of amides is 1. The van der Waals surface area contributed by atoms with E-state index in [1.54, 1.807) is 16.0 Å². The van der Waals surface area contributed by atoms with Gasteiger partial charge in [-0.05, 0) is 63.9 Å². The van der Waals surface area contributed by atoms with Gasteiger partial charge in [-0.25, -0.2) is 4.68 Å². The smallest absolute Gasteiger partial charge is 0.224 e. The summed E-state index contributed by atoms with van der Waals surface area (Å²) in [7, 11) is 0. The molecule has 112 valence electrons. The standard InChI is InChI=1S/C15H15N5OS/c1-11-13(3-2-4-14(11)20-10-16-18-19-20)17-15(21)6-5-12-7-8-22-9-12/h2-4,7-10H,5-6H2,1H3,(H,17,21). The summed E-state index contributed by atoms with van der Waals surface area (Å²) in [6, 6.07) is 7.71. The maximum absolute atomic E-state index is 12.1. The van der Waals surface area contributed by atoms with Gasteiger partial charge in [0.1, 0.15) is 6.33 Å². The molecule has 22 heavy (non-hydrogen) atoms. The Kier molecular flexibility index (Phi) is 4.24. The summed E-state index contributed by atoms with van der Waals surface area (Å²) in [5.41, 5.74) is 3.75. The first kappa shape index (κ1) is 14.4. The first-order valence-electron chi connectivity index (χ1n) is 6.88. The van der Waals surface area contributed by atoms with Gasteiger partial charge in [-0.3, -0.25) is 4.79 Å². The second kappa shape index (κ2) is 6.48. The third kappa shape index (κ3) is 3.20. The van der Waals surface area contributed by atoms with Crippen LogP contribution in [-0.2, 0) is 11.2 Å². The number of carbonyl (C=O) groups excluding carboxylic acids is 1. The molecule has 7 heteroatoms. The average molecular weight is 313 g/mol. The Bertz CT molecular complexity index is 752. The number of rotatable bonds is 5. The Morgan fingerprint density at radius 1 is 1.36 bits per heavy atom. The minimum Gasteiger partial charge on any atom is -0.326 e. The topological polar surface area (TPSA) is 72.7 Å². The Balaban J connectivity index is 1.70. The predicted octanol–water partition coefficient (Wildman–Crippen LogP) is 2.60. The van der Waals surface area contributed by atoms with Crippen LogP contribution in [-0.4, -0.2) is 26.1 Å². The van der Waals surface area contributed by atoms with E-state index in [2.05, 4.69) is 26.2 Å². The molecule has 3 aromatic rings. The lowest BCUT2D eigenvalue weighted by molar-refractivity contribution is -0.116. The summed E-state index contributed by atoms with van der Waals surface area (Å²) < 4.78 is 1.58. The van der Waals surface area contributed by atoms with Crippen LogP contribution in [0.5, 0.6) is 0 Å². The molecule has 2 heterocycles. The highest BCUT2D eigenvalue weighted by Crippen LogP contribution is 2.21. The number of thiophene rings is 1. The normalized spacial score (nSPS) is 10.6. The highest BCUT2D eigenvalue weighted by Gasteiger charge is 2.10. The molecule has 0 saturated heterocycles. The molecule has 1 N–H and O–H groups in total. The van der Waals surface area contributed by atoms with Gasteiger partial charge in [-0.2, -0.15) is 11.3 Å². The summed E-state index contributed by atoms with van der Waals surface area (Å²) in [5, 5.41) is 18.2.